The maximum atomic E-state index is 12.5. The van der Waals surface area contributed by atoms with Crippen molar-refractivity contribution < 1.29 is 33.0 Å². The van der Waals surface area contributed by atoms with E-state index in [-0.39, 0.29) is 5.56 Å². The smallest absolute Gasteiger partial charge is 0.346 e. The molecule has 0 saturated carbocycles. The van der Waals surface area contributed by atoms with Crippen molar-refractivity contribution in [1.82, 2.24) is 5.32 Å². The molecule has 1 heterocycles. The number of aliphatic carboxylic acids is 2. The maximum absolute atomic E-state index is 12.5. The number of halogens is 1. The Morgan fingerprint density at radius 2 is 1.90 bits per heavy atom. The molecule has 1 aromatic carbocycles. The molecule has 1 unspecified atom stereocenters. The molecule has 1 amide bonds. The van der Waals surface area contributed by atoms with Gasteiger partial charge in [0.2, 0.25) is 9.84 Å². The van der Waals surface area contributed by atoms with Crippen LogP contribution in [0.2, 0.25) is 5.02 Å². The van der Waals surface area contributed by atoms with Crippen LogP contribution in [0.5, 0.6) is 0 Å². The number of hydrogen-bond acceptors (Lipinski definition) is 5. The Kier molecular flexibility index (Phi) is 3.42. The predicted molar refractivity (Wildman–Crippen MR) is 68.7 cm³/mol. The summed E-state index contributed by atoms with van der Waals surface area (Å²) in [5.74, 6) is -4.78. The van der Waals surface area contributed by atoms with Crippen LogP contribution >= 0.6 is 11.6 Å². The monoisotopic (exact) mass is 333 g/mol. The van der Waals surface area contributed by atoms with E-state index in [0.29, 0.717) is 0 Å². The third-order valence-electron chi connectivity index (χ3n) is 3.02. The zero-order chi connectivity index (χ0) is 16.0. The summed E-state index contributed by atoms with van der Waals surface area (Å²) >= 11 is 5.82. The average Bonchev–Trinajstić information content (AvgIpc) is 2.39. The second-order valence-corrected chi connectivity index (χ2v) is 6.80. The summed E-state index contributed by atoms with van der Waals surface area (Å²) < 4.78 is 25.0. The van der Waals surface area contributed by atoms with Crippen LogP contribution in [0.15, 0.2) is 23.1 Å². The second kappa shape index (κ2) is 4.71. The fourth-order valence-corrected chi connectivity index (χ4v) is 4.26. The van der Waals surface area contributed by atoms with Crippen LogP contribution in [0.1, 0.15) is 16.8 Å². The van der Waals surface area contributed by atoms with Gasteiger partial charge >= 0.3 is 11.9 Å². The summed E-state index contributed by atoms with van der Waals surface area (Å²) in [6.07, 6.45) is -1.34. The van der Waals surface area contributed by atoms with Crippen LogP contribution in [0, 0.1) is 0 Å². The van der Waals surface area contributed by atoms with E-state index in [9.17, 15) is 27.9 Å². The van der Waals surface area contributed by atoms with E-state index in [0.717, 1.165) is 6.07 Å². The van der Waals surface area contributed by atoms with E-state index in [1.807, 2.05) is 0 Å². The van der Waals surface area contributed by atoms with Gasteiger partial charge in [-0.3, -0.25) is 9.59 Å². The molecular weight excluding hydrogens is 326 g/mol. The third kappa shape index (κ3) is 2.05. The molecule has 0 radical (unpaired) electrons. The van der Waals surface area contributed by atoms with E-state index in [1.165, 1.54) is 12.1 Å². The SMILES string of the molecule is O=C(O)CC1(C(=O)O)NC(=O)c2cccc(c2Cl)S1(=O)=O. The number of benzene rings is 1. The van der Waals surface area contributed by atoms with Crippen molar-refractivity contribution >= 4 is 39.3 Å². The van der Waals surface area contributed by atoms with E-state index in [4.69, 9.17) is 16.7 Å². The highest BCUT2D eigenvalue weighted by molar-refractivity contribution is 7.93. The zero-order valence-electron chi connectivity index (χ0n) is 10.2. The van der Waals surface area contributed by atoms with E-state index >= 15 is 0 Å². The van der Waals surface area contributed by atoms with Gasteiger partial charge in [0.15, 0.2) is 0 Å². The lowest BCUT2D eigenvalue weighted by molar-refractivity contribution is -0.147. The van der Waals surface area contributed by atoms with Gasteiger partial charge in [-0.15, -0.1) is 0 Å². The molecular formula is C11H8ClNO7S. The number of hydrogen-bond donors (Lipinski definition) is 3. The minimum atomic E-state index is -4.76. The van der Waals surface area contributed by atoms with Crippen molar-refractivity contribution in [2.75, 3.05) is 0 Å². The molecule has 3 N–H and O–H groups in total. The second-order valence-electron chi connectivity index (χ2n) is 4.28. The Bertz CT molecular complexity index is 773. The lowest BCUT2D eigenvalue weighted by Crippen LogP contribution is -2.60. The molecule has 0 aliphatic carbocycles. The summed E-state index contributed by atoms with van der Waals surface area (Å²) in [7, 11) is -4.76. The Morgan fingerprint density at radius 1 is 1.29 bits per heavy atom. The molecule has 1 aromatic rings. The van der Waals surface area contributed by atoms with Crippen LogP contribution in [-0.4, -0.2) is 41.3 Å². The van der Waals surface area contributed by atoms with Crippen LogP contribution < -0.4 is 5.32 Å². The molecule has 112 valence electrons. The summed E-state index contributed by atoms with van der Waals surface area (Å²) in [5.41, 5.74) is -0.244. The summed E-state index contributed by atoms with van der Waals surface area (Å²) in [5, 5.41) is 19.4. The molecule has 21 heavy (non-hydrogen) atoms. The zero-order valence-corrected chi connectivity index (χ0v) is 11.7. The molecule has 1 aliphatic rings. The van der Waals surface area contributed by atoms with E-state index < -0.39 is 48.9 Å². The third-order valence-corrected chi connectivity index (χ3v) is 5.79. The fraction of sp³-hybridized carbons (Fsp3) is 0.182. The normalized spacial score (nSPS) is 23.0. The molecule has 0 aromatic heterocycles. The van der Waals surface area contributed by atoms with Gasteiger partial charge in [-0.05, 0) is 12.1 Å². The van der Waals surface area contributed by atoms with E-state index in [1.54, 1.807) is 5.32 Å². The van der Waals surface area contributed by atoms with Crippen molar-refractivity contribution in [2.24, 2.45) is 0 Å². The number of carbonyl (C=O) groups excluding carboxylic acids is 1. The first-order valence-electron chi connectivity index (χ1n) is 5.44. The molecule has 2 bridgehead atoms. The molecule has 1 atom stereocenters. The van der Waals surface area contributed by atoms with Gasteiger partial charge in [-0.2, -0.15) is 0 Å². The first kappa shape index (κ1) is 15.3. The van der Waals surface area contributed by atoms with Gasteiger partial charge in [-0.1, -0.05) is 17.7 Å². The maximum Gasteiger partial charge on any atom is 0.346 e. The lowest BCUT2D eigenvalue weighted by Gasteiger charge is -2.26. The Hall–Kier alpha value is -2.13. The fourth-order valence-electron chi connectivity index (χ4n) is 2.00. The van der Waals surface area contributed by atoms with Crippen LogP contribution in [-0.2, 0) is 19.4 Å². The highest BCUT2D eigenvalue weighted by Gasteiger charge is 2.57. The number of nitrogens with one attached hydrogen (secondary N) is 1. The number of sulfone groups is 1. The Morgan fingerprint density at radius 3 is 2.43 bits per heavy atom. The largest absolute Gasteiger partial charge is 0.481 e. The van der Waals surface area contributed by atoms with Crippen molar-refractivity contribution in [3.63, 3.8) is 0 Å². The number of amides is 1. The molecule has 2 rings (SSSR count). The Balaban J connectivity index is 2.86. The summed E-state index contributed by atoms with van der Waals surface area (Å²) in [6.45, 7) is 0. The highest BCUT2D eigenvalue weighted by atomic mass is 35.5. The van der Waals surface area contributed by atoms with E-state index in [2.05, 4.69) is 0 Å². The van der Waals surface area contributed by atoms with Crippen LogP contribution in [0.25, 0.3) is 0 Å². The van der Waals surface area contributed by atoms with Gasteiger partial charge in [0.1, 0.15) is 0 Å². The van der Waals surface area contributed by atoms with Crippen molar-refractivity contribution in [1.29, 1.82) is 0 Å². The van der Waals surface area contributed by atoms with Gasteiger partial charge < -0.3 is 15.5 Å². The topological polar surface area (TPSA) is 138 Å². The highest BCUT2D eigenvalue weighted by Crippen LogP contribution is 2.37. The lowest BCUT2D eigenvalue weighted by atomic mass is 10.1. The number of fused-ring (bicyclic) bond motifs is 2. The van der Waals surface area contributed by atoms with Crippen LogP contribution in [0.3, 0.4) is 0 Å². The molecule has 8 nitrogen and oxygen atoms in total. The quantitative estimate of drug-likeness (QED) is 0.713. The predicted octanol–water partition coefficient (Wildman–Crippen LogP) is 0.113. The summed E-state index contributed by atoms with van der Waals surface area (Å²) in [6, 6.07) is 3.43. The molecule has 1 aliphatic heterocycles. The van der Waals surface area contributed by atoms with Gasteiger partial charge in [0.05, 0.1) is 21.9 Å². The summed E-state index contributed by atoms with van der Waals surface area (Å²) in [4.78, 5) is 30.7. The van der Waals surface area contributed by atoms with Crippen molar-refractivity contribution in [2.45, 2.75) is 16.2 Å². The van der Waals surface area contributed by atoms with Gasteiger partial charge in [0, 0.05) is 0 Å². The molecule has 0 spiro atoms. The molecule has 0 fully saturated rings. The number of carboxylic acids is 2. The number of carbonyl (C=O) groups is 3. The molecule has 10 heteroatoms. The minimum Gasteiger partial charge on any atom is -0.481 e. The van der Waals surface area contributed by atoms with Crippen molar-refractivity contribution in [3.8, 4) is 0 Å². The molecule has 0 saturated heterocycles. The van der Waals surface area contributed by atoms with Gasteiger partial charge in [0.25, 0.3) is 10.8 Å². The van der Waals surface area contributed by atoms with Crippen molar-refractivity contribution in [3.05, 3.63) is 28.8 Å². The first-order valence-corrected chi connectivity index (χ1v) is 7.30. The van der Waals surface area contributed by atoms with Gasteiger partial charge in [-0.25, -0.2) is 13.2 Å². The standard InChI is InChI=1S/C11H8ClNO7S/c12-8-5-2-1-3-6(8)21(19,20)11(10(17)18,4-7(14)15)13-9(5)16/h1-3H,4H2,(H,13,16)(H,14,15)(H,17,18). The van der Waals surface area contributed by atoms with Crippen LogP contribution in [0.4, 0.5) is 0 Å². The minimum absolute atomic E-state index is 0.244. The number of rotatable bonds is 3. The average molecular weight is 334 g/mol. The Labute approximate surface area is 123 Å². The first-order chi connectivity index (χ1) is 9.63. The number of carboxylic acid groups (broad SMARTS) is 2.